The van der Waals surface area contributed by atoms with Gasteiger partial charge >= 0.3 is 0 Å². The van der Waals surface area contributed by atoms with E-state index in [-0.39, 0.29) is 17.4 Å². The van der Waals surface area contributed by atoms with Crippen molar-refractivity contribution in [3.05, 3.63) is 47.6 Å². The third-order valence-electron chi connectivity index (χ3n) is 7.07. The largest absolute Gasteiger partial charge is 0.381 e. The molecule has 6 heteroatoms. The zero-order valence-corrected chi connectivity index (χ0v) is 17.6. The van der Waals surface area contributed by atoms with Crippen molar-refractivity contribution in [1.29, 1.82) is 0 Å². The van der Waals surface area contributed by atoms with Crippen LogP contribution in [-0.4, -0.2) is 40.7 Å². The first-order valence-corrected chi connectivity index (χ1v) is 11.5. The summed E-state index contributed by atoms with van der Waals surface area (Å²) >= 11 is 0. The summed E-state index contributed by atoms with van der Waals surface area (Å²) in [5, 5.41) is 4.16. The van der Waals surface area contributed by atoms with Crippen molar-refractivity contribution in [2.24, 2.45) is 5.92 Å². The Morgan fingerprint density at radius 2 is 1.93 bits per heavy atom. The number of rotatable bonds is 8. The minimum Gasteiger partial charge on any atom is -0.381 e. The number of benzene rings is 1. The predicted molar refractivity (Wildman–Crippen MR) is 112 cm³/mol. The minimum atomic E-state index is -0.346. The van der Waals surface area contributed by atoms with Gasteiger partial charge in [-0.15, -0.1) is 0 Å². The molecule has 0 bridgehead atoms. The first-order valence-electron chi connectivity index (χ1n) is 11.5. The summed E-state index contributed by atoms with van der Waals surface area (Å²) in [5.41, 5.74) is 0.784. The molecule has 0 radical (unpaired) electrons. The van der Waals surface area contributed by atoms with E-state index in [4.69, 9.17) is 9.26 Å². The van der Waals surface area contributed by atoms with Crippen LogP contribution in [0.4, 0.5) is 0 Å². The molecule has 0 spiro atoms. The fourth-order valence-electron chi connectivity index (χ4n) is 5.14. The van der Waals surface area contributed by atoms with E-state index in [2.05, 4.69) is 22.3 Å². The molecule has 1 unspecified atom stereocenters. The summed E-state index contributed by atoms with van der Waals surface area (Å²) in [6, 6.07) is 10.1. The van der Waals surface area contributed by atoms with Crippen molar-refractivity contribution in [2.45, 2.75) is 69.2 Å². The van der Waals surface area contributed by atoms with Crippen LogP contribution in [0, 0.1) is 5.92 Å². The van der Waals surface area contributed by atoms with Gasteiger partial charge in [0.05, 0.1) is 12.0 Å². The van der Waals surface area contributed by atoms with Crippen LogP contribution >= 0.6 is 0 Å². The Morgan fingerprint density at radius 3 is 2.70 bits per heavy atom. The van der Waals surface area contributed by atoms with Gasteiger partial charge in [0.15, 0.2) is 5.82 Å². The highest BCUT2D eigenvalue weighted by Gasteiger charge is 2.54. The van der Waals surface area contributed by atoms with E-state index in [1.165, 1.54) is 25.7 Å². The molecule has 2 aliphatic carbocycles. The van der Waals surface area contributed by atoms with E-state index in [1.54, 1.807) is 0 Å². The highest BCUT2D eigenvalue weighted by molar-refractivity contribution is 5.91. The van der Waals surface area contributed by atoms with Crippen LogP contribution in [-0.2, 0) is 21.4 Å². The average molecular weight is 410 g/mol. The first-order chi connectivity index (χ1) is 14.8. The summed E-state index contributed by atoms with van der Waals surface area (Å²) in [7, 11) is 0. The molecule has 30 heavy (non-hydrogen) atoms. The molecule has 160 valence electrons. The molecule has 1 aliphatic heterocycles. The molecule has 2 heterocycles. The van der Waals surface area contributed by atoms with Crippen LogP contribution in [0.2, 0.25) is 0 Å². The number of likely N-dealkylation sites (tertiary alicyclic amines) is 1. The first kappa shape index (κ1) is 19.7. The maximum atomic E-state index is 13.5. The Bertz CT molecular complexity index is 856. The SMILES string of the molecule is O=C(N1CCCC1c1nc(CCOCC2CCCC2)no1)C1(c2ccccc2)CC1. The summed E-state index contributed by atoms with van der Waals surface area (Å²) in [6.07, 6.45) is 9.63. The molecule has 2 saturated carbocycles. The van der Waals surface area contributed by atoms with Gasteiger partial charge in [0, 0.05) is 19.6 Å². The van der Waals surface area contributed by atoms with E-state index in [9.17, 15) is 4.79 Å². The molecule has 1 saturated heterocycles. The molecule has 1 aromatic heterocycles. The molecule has 2 aromatic rings. The fourth-order valence-corrected chi connectivity index (χ4v) is 5.14. The molecular formula is C24H31N3O3. The number of nitrogens with zero attached hydrogens (tertiary/aromatic N) is 3. The molecule has 5 rings (SSSR count). The van der Waals surface area contributed by atoms with Gasteiger partial charge in [0.25, 0.3) is 0 Å². The number of aromatic nitrogens is 2. The Labute approximate surface area is 178 Å². The monoisotopic (exact) mass is 409 g/mol. The van der Waals surface area contributed by atoms with Gasteiger partial charge in [0.2, 0.25) is 11.8 Å². The van der Waals surface area contributed by atoms with Gasteiger partial charge in [-0.3, -0.25) is 4.79 Å². The second-order valence-electron chi connectivity index (χ2n) is 9.13. The Morgan fingerprint density at radius 1 is 1.13 bits per heavy atom. The summed E-state index contributed by atoms with van der Waals surface area (Å²) < 4.78 is 11.4. The number of ether oxygens (including phenoxy) is 1. The van der Waals surface area contributed by atoms with Crippen molar-refractivity contribution in [2.75, 3.05) is 19.8 Å². The van der Waals surface area contributed by atoms with Gasteiger partial charge in [0.1, 0.15) is 6.04 Å². The highest BCUT2D eigenvalue weighted by atomic mass is 16.5. The summed E-state index contributed by atoms with van der Waals surface area (Å²) in [4.78, 5) is 20.1. The van der Waals surface area contributed by atoms with E-state index in [0.717, 1.165) is 50.3 Å². The van der Waals surface area contributed by atoms with E-state index >= 15 is 0 Å². The smallest absolute Gasteiger partial charge is 0.249 e. The fraction of sp³-hybridized carbons (Fsp3) is 0.625. The van der Waals surface area contributed by atoms with Gasteiger partial charge in [-0.2, -0.15) is 4.98 Å². The molecule has 1 atom stereocenters. The van der Waals surface area contributed by atoms with E-state index < -0.39 is 0 Å². The van der Waals surface area contributed by atoms with Crippen molar-refractivity contribution in [3.8, 4) is 0 Å². The number of carbonyl (C=O) groups is 1. The van der Waals surface area contributed by atoms with E-state index in [1.807, 2.05) is 23.1 Å². The zero-order chi connectivity index (χ0) is 20.4. The Kier molecular flexibility index (Phi) is 5.59. The predicted octanol–water partition coefficient (Wildman–Crippen LogP) is 4.21. The van der Waals surface area contributed by atoms with Crippen LogP contribution in [0.1, 0.15) is 74.7 Å². The zero-order valence-electron chi connectivity index (χ0n) is 17.6. The lowest BCUT2D eigenvalue weighted by molar-refractivity contribution is -0.135. The number of amides is 1. The van der Waals surface area contributed by atoms with Crippen molar-refractivity contribution in [3.63, 3.8) is 0 Å². The standard InChI is InChI=1S/C24H31N3O3/c28-23(24(13-14-24)19-9-2-1-3-10-19)27-15-6-11-20(27)22-25-21(26-30-22)12-16-29-17-18-7-4-5-8-18/h1-3,9-10,18,20H,4-8,11-17H2. The molecule has 1 aromatic carbocycles. The highest BCUT2D eigenvalue weighted by Crippen LogP contribution is 2.51. The molecule has 6 nitrogen and oxygen atoms in total. The Hall–Kier alpha value is -2.21. The molecule has 1 amide bonds. The lowest BCUT2D eigenvalue weighted by atomic mass is 9.94. The van der Waals surface area contributed by atoms with Crippen LogP contribution in [0.3, 0.4) is 0 Å². The maximum absolute atomic E-state index is 13.5. The third kappa shape index (κ3) is 3.89. The van der Waals surface area contributed by atoms with E-state index in [0.29, 0.717) is 24.7 Å². The van der Waals surface area contributed by atoms with Gasteiger partial charge in [-0.1, -0.05) is 48.3 Å². The van der Waals surface area contributed by atoms with Crippen molar-refractivity contribution >= 4 is 5.91 Å². The van der Waals surface area contributed by atoms with Crippen LogP contribution < -0.4 is 0 Å². The average Bonchev–Trinajstić information content (AvgIpc) is 3.16. The van der Waals surface area contributed by atoms with Crippen molar-refractivity contribution < 1.29 is 14.1 Å². The third-order valence-corrected chi connectivity index (χ3v) is 7.07. The summed E-state index contributed by atoms with van der Waals surface area (Å²) in [5.74, 6) is 2.20. The summed E-state index contributed by atoms with van der Waals surface area (Å²) in [6.45, 7) is 2.23. The van der Waals surface area contributed by atoms with Gasteiger partial charge in [-0.25, -0.2) is 0 Å². The molecular weight excluding hydrogens is 378 g/mol. The lowest BCUT2D eigenvalue weighted by Gasteiger charge is -2.27. The second kappa shape index (κ2) is 8.50. The lowest BCUT2D eigenvalue weighted by Crippen LogP contribution is -2.39. The molecule has 3 aliphatic rings. The molecule has 0 N–H and O–H groups in total. The molecule has 3 fully saturated rings. The number of hydrogen-bond donors (Lipinski definition) is 0. The minimum absolute atomic E-state index is 0.0978. The quantitative estimate of drug-likeness (QED) is 0.611. The van der Waals surface area contributed by atoms with Crippen molar-refractivity contribution in [1.82, 2.24) is 15.0 Å². The van der Waals surface area contributed by atoms with Crippen LogP contribution in [0.15, 0.2) is 34.9 Å². The normalized spacial score (nSPS) is 23.2. The van der Waals surface area contributed by atoms with Gasteiger partial charge in [-0.05, 0) is 50.0 Å². The van der Waals surface area contributed by atoms with Crippen LogP contribution in [0.25, 0.3) is 0 Å². The Balaban J connectivity index is 1.20. The topological polar surface area (TPSA) is 68.5 Å². The number of hydrogen-bond acceptors (Lipinski definition) is 5. The second-order valence-corrected chi connectivity index (χ2v) is 9.13. The maximum Gasteiger partial charge on any atom is 0.249 e. The van der Waals surface area contributed by atoms with Gasteiger partial charge < -0.3 is 14.2 Å². The number of carbonyl (C=O) groups excluding carboxylic acids is 1. The van der Waals surface area contributed by atoms with Crippen LogP contribution in [0.5, 0.6) is 0 Å².